The number of morpholine rings is 1. The number of amides is 1. The molecule has 2 unspecified atom stereocenters. The van der Waals surface area contributed by atoms with Gasteiger partial charge in [0.05, 0.1) is 35.3 Å². The molecule has 2 aromatic carbocycles. The maximum atomic E-state index is 13.4. The maximum absolute atomic E-state index is 13.4. The summed E-state index contributed by atoms with van der Waals surface area (Å²) in [6, 6.07) is 5.94. The first-order valence-corrected chi connectivity index (χ1v) is 12.6. The number of methoxy groups -OCH3 is 1. The number of alkyl halides is 6. The van der Waals surface area contributed by atoms with E-state index in [1.165, 1.54) is 31.0 Å². The molecule has 2 atom stereocenters. The molecular formula is C26H24F6N2O4S. The second-order valence-electron chi connectivity index (χ2n) is 9.04. The van der Waals surface area contributed by atoms with E-state index >= 15 is 0 Å². The summed E-state index contributed by atoms with van der Waals surface area (Å²) >= 11 is 1.23. The number of aliphatic imine (C=N–C) groups is 1. The van der Waals surface area contributed by atoms with Gasteiger partial charge in [0.25, 0.3) is 5.91 Å². The number of thioether (sulfide) groups is 1. The van der Waals surface area contributed by atoms with Gasteiger partial charge in [0.15, 0.2) is 16.7 Å². The number of hydrogen-bond acceptors (Lipinski definition) is 6. The molecule has 13 heteroatoms. The van der Waals surface area contributed by atoms with E-state index in [-0.39, 0.29) is 29.8 Å². The zero-order valence-electron chi connectivity index (χ0n) is 21.0. The third-order valence-electron chi connectivity index (χ3n) is 5.91. The normalized spacial score (nSPS) is 21.4. The van der Waals surface area contributed by atoms with Crippen molar-refractivity contribution >= 4 is 28.9 Å². The zero-order chi connectivity index (χ0) is 28.5. The number of benzene rings is 2. The monoisotopic (exact) mass is 574 g/mol. The van der Waals surface area contributed by atoms with Gasteiger partial charge in [-0.1, -0.05) is 12.1 Å². The van der Waals surface area contributed by atoms with Crippen LogP contribution in [0.4, 0.5) is 26.3 Å². The molecule has 4 rings (SSSR count). The Morgan fingerprint density at radius 2 is 1.72 bits per heavy atom. The summed E-state index contributed by atoms with van der Waals surface area (Å²) in [7, 11) is 1.33. The summed E-state index contributed by atoms with van der Waals surface area (Å²) < 4.78 is 95.7. The van der Waals surface area contributed by atoms with Crippen molar-refractivity contribution in [3.8, 4) is 11.5 Å². The van der Waals surface area contributed by atoms with E-state index in [1.54, 1.807) is 12.1 Å². The van der Waals surface area contributed by atoms with Crippen molar-refractivity contribution in [2.24, 2.45) is 4.99 Å². The van der Waals surface area contributed by atoms with Gasteiger partial charge in [-0.05, 0) is 61.5 Å². The Bertz CT molecular complexity index is 1300. The van der Waals surface area contributed by atoms with Crippen molar-refractivity contribution in [2.75, 3.05) is 20.2 Å². The van der Waals surface area contributed by atoms with Gasteiger partial charge in [0.2, 0.25) is 0 Å². The molecular weight excluding hydrogens is 550 g/mol. The van der Waals surface area contributed by atoms with E-state index in [0.29, 0.717) is 34.8 Å². The molecule has 0 bridgehead atoms. The Morgan fingerprint density at radius 3 is 2.33 bits per heavy atom. The van der Waals surface area contributed by atoms with Crippen LogP contribution in [0.3, 0.4) is 0 Å². The van der Waals surface area contributed by atoms with E-state index < -0.39 is 41.6 Å². The van der Waals surface area contributed by atoms with Crippen molar-refractivity contribution < 1.29 is 45.3 Å². The van der Waals surface area contributed by atoms with Crippen LogP contribution >= 0.6 is 11.8 Å². The Kier molecular flexibility index (Phi) is 8.22. The molecule has 2 heterocycles. The molecule has 1 amide bonds. The summed E-state index contributed by atoms with van der Waals surface area (Å²) in [4.78, 5) is 19.1. The van der Waals surface area contributed by atoms with Gasteiger partial charge in [-0.2, -0.15) is 31.3 Å². The summed E-state index contributed by atoms with van der Waals surface area (Å²) in [5.74, 6) is -0.161. The number of carbonyl (C=O) groups excluding carboxylic acids is 1. The lowest BCUT2D eigenvalue weighted by Crippen LogP contribution is -2.47. The third kappa shape index (κ3) is 6.88. The van der Waals surface area contributed by atoms with Crippen molar-refractivity contribution in [1.29, 1.82) is 0 Å². The van der Waals surface area contributed by atoms with Crippen LogP contribution in [0.1, 0.15) is 36.1 Å². The molecule has 2 aliphatic heterocycles. The number of ether oxygens (including phenoxy) is 3. The lowest BCUT2D eigenvalue weighted by atomic mass is 10.0. The van der Waals surface area contributed by atoms with Crippen LogP contribution in [-0.4, -0.2) is 48.4 Å². The minimum absolute atomic E-state index is 0.00762. The molecule has 6 nitrogen and oxygen atoms in total. The van der Waals surface area contributed by atoms with Gasteiger partial charge in [-0.25, -0.2) is 0 Å². The highest BCUT2D eigenvalue weighted by Gasteiger charge is 2.38. The fraction of sp³-hybridized carbons (Fsp3) is 0.385. The van der Waals surface area contributed by atoms with Gasteiger partial charge in [0.1, 0.15) is 6.61 Å². The first-order valence-electron chi connectivity index (χ1n) is 11.8. The predicted octanol–water partition coefficient (Wildman–Crippen LogP) is 6.39. The highest BCUT2D eigenvalue weighted by Crippen LogP contribution is 2.39. The molecule has 2 aromatic rings. The summed E-state index contributed by atoms with van der Waals surface area (Å²) in [5.41, 5.74) is -2.75. The first-order chi connectivity index (χ1) is 18.2. The fourth-order valence-electron chi connectivity index (χ4n) is 4.21. The van der Waals surface area contributed by atoms with E-state index in [2.05, 4.69) is 4.99 Å². The summed E-state index contributed by atoms with van der Waals surface area (Å²) in [6.45, 7) is 4.44. The molecule has 39 heavy (non-hydrogen) atoms. The minimum atomic E-state index is -5.01. The second kappa shape index (κ2) is 11.1. The quantitative estimate of drug-likeness (QED) is 0.305. The van der Waals surface area contributed by atoms with Crippen LogP contribution in [0, 0.1) is 0 Å². The van der Waals surface area contributed by atoms with Gasteiger partial charge in [-0.15, -0.1) is 0 Å². The Labute approximate surface area is 224 Å². The van der Waals surface area contributed by atoms with Crippen LogP contribution in [-0.2, 0) is 28.5 Å². The SMILES string of the molecule is COc1cc(/C=C2\SC(N3CC(C)OC(C)C3)=NC2=O)ccc1OCc1ccc(C(F)(F)F)cc1C(F)(F)F. The topological polar surface area (TPSA) is 60.4 Å². The van der Waals surface area contributed by atoms with Crippen LogP contribution in [0.15, 0.2) is 46.3 Å². The number of nitrogens with zero attached hydrogens (tertiary/aromatic N) is 2. The molecule has 210 valence electrons. The van der Waals surface area contributed by atoms with Gasteiger partial charge >= 0.3 is 12.4 Å². The minimum Gasteiger partial charge on any atom is -0.493 e. The predicted molar refractivity (Wildman–Crippen MR) is 133 cm³/mol. The van der Waals surface area contributed by atoms with E-state index in [1.807, 2.05) is 18.7 Å². The molecule has 2 aliphatic rings. The average molecular weight is 575 g/mol. The molecule has 0 saturated carbocycles. The van der Waals surface area contributed by atoms with E-state index in [0.717, 1.165) is 6.07 Å². The molecule has 0 aliphatic carbocycles. The molecule has 0 aromatic heterocycles. The summed E-state index contributed by atoms with van der Waals surface area (Å²) in [5, 5.41) is 0.581. The van der Waals surface area contributed by atoms with Crippen molar-refractivity contribution in [3.05, 3.63) is 63.6 Å². The standard InChI is InChI=1S/C26H24F6N2O4S/c1-14-11-34(12-15(2)38-14)24-33-23(35)22(39-24)9-16-4-7-20(21(8-16)36-3)37-13-17-5-6-18(25(27,28)29)10-19(17)26(30,31)32/h4-10,14-15H,11-13H2,1-3H3/b22-9-. The molecule has 0 N–H and O–H groups in total. The van der Waals surface area contributed by atoms with Crippen molar-refractivity contribution in [2.45, 2.75) is 45.0 Å². The highest BCUT2D eigenvalue weighted by molar-refractivity contribution is 8.18. The lowest BCUT2D eigenvalue weighted by molar-refractivity contribution is -0.143. The highest BCUT2D eigenvalue weighted by atomic mass is 32.2. The number of carbonyl (C=O) groups is 1. The molecule has 0 radical (unpaired) electrons. The second-order valence-corrected chi connectivity index (χ2v) is 10.0. The zero-order valence-corrected chi connectivity index (χ0v) is 21.8. The number of halogens is 6. The van der Waals surface area contributed by atoms with Gasteiger partial charge < -0.3 is 19.1 Å². The Balaban J connectivity index is 1.50. The largest absolute Gasteiger partial charge is 0.493 e. The Morgan fingerprint density at radius 1 is 1.03 bits per heavy atom. The van der Waals surface area contributed by atoms with Crippen LogP contribution < -0.4 is 9.47 Å². The lowest BCUT2D eigenvalue weighted by Gasteiger charge is -2.35. The first kappa shape index (κ1) is 28.8. The smallest absolute Gasteiger partial charge is 0.416 e. The van der Waals surface area contributed by atoms with Crippen LogP contribution in [0.2, 0.25) is 0 Å². The number of amidine groups is 1. The molecule has 0 spiro atoms. The van der Waals surface area contributed by atoms with E-state index in [9.17, 15) is 31.1 Å². The van der Waals surface area contributed by atoms with Gasteiger partial charge in [-0.3, -0.25) is 4.79 Å². The summed E-state index contributed by atoms with van der Waals surface area (Å²) in [6.07, 6.45) is -8.33. The molecule has 1 fully saturated rings. The fourth-order valence-corrected chi connectivity index (χ4v) is 5.14. The van der Waals surface area contributed by atoms with Crippen LogP contribution in [0.5, 0.6) is 11.5 Å². The third-order valence-corrected chi connectivity index (χ3v) is 6.96. The van der Waals surface area contributed by atoms with Gasteiger partial charge in [0, 0.05) is 18.7 Å². The van der Waals surface area contributed by atoms with Crippen LogP contribution in [0.25, 0.3) is 6.08 Å². The maximum Gasteiger partial charge on any atom is 0.416 e. The average Bonchev–Trinajstić information content (AvgIpc) is 3.21. The van der Waals surface area contributed by atoms with Crippen molar-refractivity contribution in [1.82, 2.24) is 4.90 Å². The van der Waals surface area contributed by atoms with E-state index in [4.69, 9.17) is 14.2 Å². The number of rotatable bonds is 5. The molecule has 1 saturated heterocycles. The number of hydrogen-bond donors (Lipinski definition) is 0. The van der Waals surface area contributed by atoms with Crippen molar-refractivity contribution in [3.63, 3.8) is 0 Å². The Hall–Kier alpha value is -3.19.